The van der Waals surface area contributed by atoms with Crippen LogP contribution in [0, 0.1) is 6.92 Å². The SMILES string of the molecule is COc1cc(C)c(CC2(N)CC2)cc1OC. The van der Waals surface area contributed by atoms with E-state index in [0.29, 0.717) is 0 Å². The van der Waals surface area contributed by atoms with Crippen LogP contribution in [0.15, 0.2) is 12.1 Å². The van der Waals surface area contributed by atoms with Gasteiger partial charge in [-0.2, -0.15) is 0 Å². The third kappa shape index (κ3) is 2.14. The van der Waals surface area contributed by atoms with E-state index < -0.39 is 0 Å². The fourth-order valence-electron chi connectivity index (χ4n) is 1.93. The molecule has 0 spiro atoms. The van der Waals surface area contributed by atoms with Gasteiger partial charge in [0.2, 0.25) is 0 Å². The topological polar surface area (TPSA) is 44.5 Å². The molecule has 1 aromatic rings. The molecule has 0 unspecified atom stereocenters. The van der Waals surface area contributed by atoms with Crippen molar-refractivity contribution in [2.75, 3.05) is 14.2 Å². The molecule has 1 aliphatic carbocycles. The molecule has 0 heterocycles. The summed E-state index contributed by atoms with van der Waals surface area (Å²) in [6, 6.07) is 4.06. The minimum atomic E-state index is 0.0321. The summed E-state index contributed by atoms with van der Waals surface area (Å²) in [5.41, 5.74) is 8.65. The van der Waals surface area contributed by atoms with E-state index in [4.69, 9.17) is 15.2 Å². The highest BCUT2D eigenvalue weighted by atomic mass is 16.5. The largest absolute Gasteiger partial charge is 0.493 e. The van der Waals surface area contributed by atoms with Gasteiger partial charge < -0.3 is 15.2 Å². The van der Waals surface area contributed by atoms with Crippen LogP contribution in [-0.4, -0.2) is 19.8 Å². The van der Waals surface area contributed by atoms with Crippen LogP contribution >= 0.6 is 0 Å². The second-order valence-corrected chi connectivity index (χ2v) is 4.67. The summed E-state index contributed by atoms with van der Waals surface area (Å²) in [4.78, 5) is 0. The van der Waals surface area contributed by atoms with Crippen molar-refractivity contribution in [1.29, 1.82) is 0 Å². The summed E-state index contributed by atoms with van der Waals surface area (Å²) in [7, 11) is 3.31. The zero-order chi connectivity index (χ0) is 11.8. The smallest absolute Gasteiger partial charge is 0.161 e. The van der Waals surface area contributed by atoms with Crippen LogP contribution in [0.3, 0.4) is 0 Å². The van der Waals surface area contributed by atoms with E-state index >= 15 is 0 Å². The lowest BCUT2D eigenvalue weighted by Crippen LogP contribution is -2.24. The van der Waals surface area contributed by atoms with Gasteiger partial charge in [-0.3, -0.25) is 0 Å². The zero-order valence-electron chi connectivity index (χ0n) is 10.2. The van der Waals surface area contributed by atoms with E-state index in [0.717, 1.165) is 30.8 Å². The van der Waals surface area contributed by atoms with Gasteiger partial charge in [0.05, 0.1) is 14.2 Å². The van der Waals surface area contributed by atoms with E-state index in [1.54, 1.807) is 14.2 Å². The fraction of sp³-hybridized carbons (Fsp3) is 0.538. The predicted molar refractivity (Wildman–Crippen MR) is 64.1 cm³/mol. The first-order valence-corrected chi connectivity index (χ1v) is 5.58. The Morgan fingerprint density at radius 2 is 1.75 bits per heavy atom. The van der Waals surface area contributed by atoms with Crippen LogP contribution in [0.4, 0.5) is 0 Å². The number of hydrogen-bond donors (Lipinski definition) is 1. The molecular weight excluding hydrogens is 202 g/mol. The van der Waals surface area contributed by atoms with Crippen molar-refractivity contribution in [2.45, 2.75) is 31.7 Å². The Hall–Kier alpha value is -1.22. The second kappa shape index (κ2) is 3.98. The Morgan fingerprint density at radius 3 is 2.25 bits per heavy atom. The van der Waals surface area contributed by atoms with Crippen LogP contribution in [0.5, 0.6) is 11.5 Å². The number of ether oxygens (including phenoxy) is 2. The van der Waals surface area contributed by atoms with Gasteiger partial charge in [0.1, 0.15) is 0 Å². The van der Waals surface area contributed by atoms with Gasteiger partial charge in [-0.25, -0.2) is 0 Å². The molecule has 3 nitrogen and oxygen atoms in total. The lowest BCUT2D eigenvalue weighted by Gasteiger charge is -2.15. The van der Waals surface area contributed by atoms with E-state index in [2.05, 4.69) is 6.92 Å². The second-order valence-electron chi connectivity index (χ2n) is 4.67. The first-order chi connectivity index (χ1) is 7.58. The number of benzene rings is 1. The van der Waals surface area contributed by atoms with Gasteiger partial charge in [-0.05, 0) is 49.4 Å². The van der Waals surface area contributed by atoms with E-state index in [-0.39, 0.29) is 5.54 Å². The molecule has 2 rings (SSSR count). The van der Waals surface area contributed by atoms with Crippen LogP contribution in [0.1, 0.15) is 24.0 Å². The molecule has 0 bridgehead atoms. The third-order valence-corrected chi connectivity index (χ3v) is 3.28. The molecule has 1 aromatic carbocycles. The monoisotopic (exact) mass is 221 g/mol. The van der Waals surface area contributed by atoms with Gasteiger partial charge in [-0.1, -0.05) is 0 Å². The molecule has 2 N–H and O–H groups in total. The molecule has 0 aromatic heterocycles. The first-order valence-electron chi connectivity index (χ1n) is 5.58. The third-order valence-electron chi connectivity index (χ3n) is 3.28. The average molecular weight is 221 g/mol. The van der Waals surface area contributed by atoms with Crippen molar-refractivity contribution < 1.29 is 9.47 Å². The summed E-state index contributed by atoms with van der Waals surface area (Å²) >= 11 is 0. The molecule has 0 atom stereocenters. The van der Waals surface area contributed by atoms with Crippen LogP contribution in [0.2, 0.25) is 0 Å². The number of rotatable bonds is 4. The average Bonchev–Trinajstić information content (AvgIpc) is 2.99. The highest BCUT2D eigenvalue weighted by Crippen LogP contribution is 2.38. The fourth-order valence-corrected chi connectivity index (χ4v) is 1.93. The van der Waals surface area contributed by atoms with Crippen LogP contribution in [0.25, 0.3) is 0 Å². The maximum Gasteiger partial charge on any atom is 0.161 e. The molecular formula is C13H19NO2. The molecule has 1 aliphatic rings. The summed E-state index contributed by atoms with van der Waals surface area (Å²) in [5.74, 6) is 1.57. The molecule has 0 amide bonds. The van der Waals surface area contributed by atoms with Gasteiger partial charge in [0, 0.05) is 5.54 Å². The van der Waals surface area contributed by atoms with Gasteiger partial charge >= 0.3 is 0 Å². The van der Waals surface area contributed by atoms with E-state index in [9.17, 15) is 0 Å². The Morgan fingerprint density at radius 1 is 1.19 bits per heavy atom. The molecule has 0 saturated heterocycles. The highest BCUT2D eigenvalue weighted by Gasteiger charge is 2.38. The van der Waals surface area contributed by atoms with Gasteiger partial charge in [-0.15, -0.1) is 0 Å². The van der Waals surface area contributed by atoms with Crippen molar-refractivity contribution in [3.8, 4) is 11.5 Å². The molecule has 16 heavy (non-hydrogen) atoms. The minimum absolute atomic E-state index is 0.0321. The number of aryl methyl sites for hydroxylation is 1. The zero-order valence-corrected chi connectivity index (χ0v) is 10.2. The molecule has 1 saturated carbocycles. The van der Waals surface area contributed by atoms with Crippen molar-refractivity contribution in [3.63, 3.8) is 0 Å². The van der Waals surface area contributed by atoms with Crippen LogP contribution in [-0.2, 0) is 6.42 Å². The Labute approximate surface area is 96.5 Å². The lowest BCUT2D eigenvalue weighted by molar-refractivity contribution is 0.354. The first kappa shape index (κ1) is 11.3. The summed E-state index contributed by atoms with van der Waals surface area (Å²) in [6.45, 7) is 2.09. The standard InChI is InChI=1S/C13H19NO2/c1-9-6-11(15-2)12(16-3)7-10(9)8-13(14)4-5-13/h6-7H,4-5,8,14H2,1-3H3. The van der Waals surface area contributed by atoms with Crippen molar-refractivity contribution in [2.24, 2.45) is 5.73 Å². The Balaban J connectivity index is 2.30. The molecule has 0 aliphatic heterocycles. The predicted octanol–water partition coefficient (Wildman–Crippen LogP) is 2.05. The minimum Gasteiger partial charge on any atom is -0.493 e. The number of methoxy groups -OCH3 is 2. The summed E-state index contributed by atoms with van der Waals surface area (Å²) in [6.07, 6.45) is 3.18. The maximum atomic E-state index is 6.14. The Bertz CT molecular complexity index is 397. The Kier molecular flexibility index (Phi) is 2.80. The van der Waals surface area contributed by atoms with Gasteiger partial charge in [0.15, 0.2) is 11.5 Å². The summed E-state index contributed by atoms with van der Waals surface area (Å²) < 4.78 is 10.6. The quantitative estimate of drug-likeness (QED) is 0.846. The lowest BCUT2D eigenvalue weighted by atomic mass is 9.99. The highest BCUT2D eigenvalue weighted by molar-refractivity contribution is 5.47. The number of nitrogens with two attached hydrogens (primary N) is 1. The van der Waals surface area contributed by atoms with Crippen molar-refractivity contribution in [3.05, 3.63) is 23.3 Å². The van der Waals surface area contributed by atoms with Crippen molar-refractivity contribution in [1.82, 2.24) is 0 Å². The van der Waals surface area contributed by atoms with Crippen LogP contribution < -0.4 is 15.2 Å². The van der Waals surface area contributed by atoms with Gasteiger partial charge in [0.25, 0.3) is 0 Å². The molecule has 88 valence electrons. The number of hydrogen-bond acceptors (Lipinski definition) is 3. The van der Waals surface area contributed by atoms with E-state index in [1.165, 1.54) is 11.1 Å². The maximum absolute atomic E-state index is 6.14. The normalized spacial score (nSPS) is 17.0. The molecule has 1 fully saturated rings. The van der Waals surface area contributed by atoms with Crippen molar-refractivity contribution >= 4 is 0 Å². The summed E-state index contributed by atoms with van der Waals surface area (Å²) in [5, 5.41) is 0. The molecule has 3 heteroatoms. The molecule has 0 radical (unpaired) electrons. The van der Waals surface area contributed by atoms with E-state index in [1.807, 2.05) is 12.1 Å².